The molecule has 0 radical (unpaired) electrons. The van der Waals surface area contributed by atoms with Crippen molar-refractivity contribution in [2.24, 2.45) is 0 Å². The molecule has 6 heteroatoms. The van der Waals surface area contributed by atoms with E-state index in [1.165, 1.54) is 0 Å². The van der Waals surface area contributed by atoms with Crippen molar-refractivity contribution in [2.45, 2.75) is 33.1 Å². The zero-order valence-corrected chi connectivity index (χ0v) is 15.8. The van der Waals surface area contributed by atoms with Crippen LogP contribution < -0.4 is 10.1 Å². The average Bonchev–Trinajstić information content (AvgIpc) is 3.18. The standard InChI is InChI=1S/C19H23N3O2S/c1-11(2)18-17(22-12(3)25-18)19(23)20-8-7-13-10-21-16-6-5-14(24-4)9-15(13)16/h5-6,9-11,21H,7-8H2,1-4H3,(H,20,23). The molecular weight excluding hydrogens is 334 g/mol. The van der Waals surface area contributed by atoms with E-state index in [9.17, 15) is 4.79 Å². The molecule has 3 aromatic rings. The number of rotatable bonds is 6. The van der Waals surface area contributed by atoms with E-state index in [1.54, 1.807) is 18.4 Å². The van der Waals surface area contributed by atoms with Gasteiger partial charge >= 0.3 is 0 Å². The van der Waals surface area contributed by atoms with Crippen LogP contribution in [-0.4, -0.2) is 29.5 Å². The third-order valence-electron chi connectivity index (χ3n) is 4.15. The fourth-order valence-corrected chi connectivity index (χ4v) is 3.81. The number of methoxy groups -OCH3 is 1. The molecule has 2 aromatic heterocycles. The Labute approximate surface area is 151 Å². The molecule has 0 aliphatic rings. The van der Waals surface area contributed by atoms with Gasteiger partial charge in [0.05, 0.1) is 12.1 Å². The van der Waals surface area contributed by atoms with Crippen molar-refractivity contribution in [2.75, 3.05) is 13.7 Å². The number of nitrogens with zero attached hydrogens (tertiary/aromatic N) is 1. The predicted octanol–water partition coefficient (Wildman–Crippen LogP) is 4.04. The maximum absolute atomic E-state index is 12.5. The molecule has 0 aliphatic heterocycles. The van der Waals surface area contributed by atoms with Gasteiger partial charge in [0.1, 0.15) is 11.4 Å². The minimum atomic E-state index is -0.0922. The van der Waals surface area contributed by atoms with Crippen LogP contribution in [0.4, 0.5) is 0 Å². The number of fused-ring (bicyclic) bond motifs is 1. The van der Waals surface area contributed by atoms with E-state index < -0.39 is 0 Å². The Bertz CT molecular complexity index is 895. The highest BCUT2D eigenvalue weighted by Crippen LogP contribution is 2.26. The molecule has 0 saturated heterocycles. The highest BCUT2D eigenvalue weighted by Gasteiger charge is 2.18. The number of aromatic nitrogens is 2. The molecule has 0 spiro atoms. The van der Waals surface area contributed by atoms with Crippen LogP contribution >= 0.6 is 11.3 Å². The van der Waals surface area contributed by atoms with Crippen LogP contribution in [0.25, 0.3) is 10.9 Å². The Morgan fingerprint density at radius 3 is 2.92 bits per heavy atom. The molecule has 2 heterocycles. The molecule has 0 bridgehead atoms. The zero-order valence-electron chi connectivity index (χ0n) is 15.0. The molecule has 3 rings (SSSR count). The summed E-state index contributed by atoms with van der Waals surface area (Å²) in [5.74, 6) is 1.04. The molecule has 0 saturated carbocycles. The SMILES string of the molecule is COc1ccc2[nH]cc(CCNC(=O)c3nc(C)sc3C(C)C)c2c1. The summed E-state index contributed by atoms with van der Waals surface area (Å²) in [4.78, 5) is 21.2. The van der Waals surface area contributed by atoms with Gasteiger partial charge in [0.2, 0.25) is 0 Å². The summed E-state index contributed by atoms with van der Waals surface area (Å²) in [7, 11) is 1.66. The smallest absolute Gasteiger partial charge is 0.271 e. The Morgan fingerprint density at radius 1 is 1.40 bits per heavy atom. The number of hydrogen-bond donors (Lipinski definition) is 2. The number of amides is 1. The fourth-order valence-electron chi connectivity index (χ4n) is 2.88. The number of ether oxygens (including phenoxy) is 1. The van der Waals surface area contributed by atoms with Crippen LogP contribution in [0.15, 0.2) is 24.4 Å². The number of nitrogens with one attached hydrogen (secondary N) is 2. The highest BCUT2D eigenvalue weighted by molar-refractivity contribution is 7.12. The number of hydrogen-bond acceptors (Lipinski definition) is 4. The Hall–Kier alpha value is -2.34. The van der Waals surface area contributed by atoms with E-state index in [1.807, 2.05) is 31.3 Å². The van der Waals surface area contributed by atoms with Crippen LogP contribution in [0.3, 0.4) is 0 Å². The van der Waals surface area contributed by atoms with Crippen molar-refractivity contribution in [3.63, 3.8) is 0 Å². The van der Waals surface area contributed by atoms with Gasteiger partial charge in [0, 0.05) is 28.5 Å². The van der Waals surface area contributed by atoms with E-state index in [-0.39, 0.29) is 5.91 Å². The van der Waals surface area contributed by atoms with E-state index >= 15 is 0 Å². The first-order valence-electron chi connectivity index (χ1n) is 8.39. The summed E-state index contributed by atoms with van der Waals surface area (Å²) < 4.78 is 5.29. The van der Waals surface area contributed by atoms with Crippen LogP contribution in [0, 0.1) is 6.92 Å². The van der Waals surface area contributed by atoms with Crippen LogP contribution in [0.1, 0.15) is 45.7 Å². The summed E-state index contributed by atoms with van der Waals surface area (Å²) in [6.07, 6.45) is 2.74. The molecule has 5 nitrogen and oxygen atoms in total. The van der Waals surface area contributed by atoms with Gasteiger partial charge < -0.3 is 15.0 Å². The molecular formula is C19H23N3O2S. The van der Waals surface area contributed by atoms with Gasteiger partial charge in [-0.25, -0.2) is 4.98 Å². The minimum absolute atomic E-state index is 0.0922. The summed E-state index contributed by atoms with van der Waals surface area (Å²) in [5, 5.41) is 5.05. The molecule has 2 N–H and O–H groups in total. The number of benzene rings is 1. The van der Waals surface area contributed by atoms with Gasteiger partial charge in [-0.3, -0.25) is 4.79 Å². The van der Waals surface area contributed by atoms with Crippen LogP contribution in [0.2, 0.25) is 0 Å². The summed E-state index contributed by atoms with van der Waals surface area (Å²) in [6, 6.07) is 5.95. The van der Waals surface area contributed by atoms with Crippen molar-refractivity contribution in [1.29, 1.82) is 0 Å². The molecule has 132 valence electrons. The molecule has 0 atom stereocenters. The molecule has 0 unspecified atom stereocenters. The van der Waals surface area contributed by atoms with E-state index in [2.05, 4.69) is 29.1 Å². The second kappa shape index (κ2) is 7.27. The largest absolute Gasteiger partial charge is 0.497 e. The molecule has 1 aromatic carbocycles. The van der Waals surface area contributed by atoms with Gasteiger partial charge in [-0.2, -0.15) is 0 Å². The van der Waals surface area contributed by atoms with Gasteiger partial charge in [0.15, 0.2) is 0 Å². The van der Waals surface area contributed by atoms with Crippen LogP contribution in [0.5, 0.6) is 5.75 Å². The topological polar surface area (TPSA) is 67.0 Å². The van der Waals surface area contributed by atoms with Gasteiger partial charge in [-0.05, 0) is 43.0 Å². The van der Waals surface area contributed by atoms with E-state index in [0.717, 1.165) is 38.5 Å². The summed E-state index contributed by atoms with van der Waals surface area (Å²) in [5.41, 5.74) is 2.80. The number of aromatic amines is 1. The fraction of sp³-hybridized carbons (Fsp3) is 0.368. The molecule has 1 amide bonds. The van der Waals surface area contributed by atoms with Gasteiger partial charge in [-0.1, -0.05) is 13.8 Å². The number of carbonyl (C=O) groups is 1. The van der Waals surface area contributed by atoms with E-state index in [4.69, 9.17) is 4.74 Å². The number of thiazole rings is 1. The lowest BCUT2D eigenvalue weighted by Gasteiger charge is -2.07. The Morgan fingerprint density at radius 2 is 2.20 bits per heavy atom. The summed E-state index contributed by atoms with van der Waals surface area (Å²) >= 11 is 1.60. The third-order valence-corrected chi connectivity index (χ3v) is 5.43. The minimum Gasteiger partial charge on any atom is -0.497 e. The average molecular weight is 357 g/mol. The Balaban J connectivity index is 1.68. The molecule has 25 heavy (non-hydrogen) atoms. The lowest BCUT2D eigenvalue weighted by molar-refractivity contribution is 0.0948. The maximum atomic E-state index is 12.5. The molecule has 0 fully saturated rings. The number of carbonyl (C=O) groups excluding carboxylic acids is 1. The number of aryl methyl sites for hydroxylation is 1. The first kappa shape index (κ1) is 17.5. The zero-order chi connectivity index (χ0) is 18.0. The summed E-state index contributed by atoms with van der Waals surface area (Å²) in [6.45, 7) is 6.68. The lowest BCUT2D eigenvalue weighted by Crippen LogP contribution is -2.27. The van der Waals surface area contributed by atoms with Crippen molar-refractivity contribution >= 4 is 28.1 Å². The van der Waals surface area contributed by atoms with Crippen molar-refractivity contribution < 1.29 is 9.53 Å². The van der Waals surface area contributed by atoms with Crippen molar-refractivity contribution in [3.8, 4) is 5.75 Å². The van der Waals surface area contributed by atoms with Crippen LogP contribution in [-0.2, 0) is 6.42 Å². The second-order valence-electron chi connectivity index (χ2n) is 6.33. The van der Waals surface area contributed by atoms with Crippen molar-refractivity contribution in [3.05, 3.63) is 45.5 Å². The molecule has 0 aliphatic carbocycles. The normalized spacial score (nSPS) is 11.2. The van der Waals surface area contributed by atoms with Gasteiger partial charge in [0.25, 0.3) is 5.91 Å². The quantitative estimate of drug-likeness (QED) is 0.700. The third kappa shape index (κ3) is 3.69. The first-order valence-corrected chi connectivity index (χ1v) is 9.20. The number of H-pyrrole nitrogens is 1. The van der Waals surface area contributed by atoms with E-state index in [0.29, 0.717) is 18.2 Å². The second-order valence-corrected chi connectivity index (χ2v) is 7.57. The van der Waals surface area contributed by atoms with Crippen molar-refractivity contribution in [1.82, 2.24) is 15.3 Å². The predicted molar refractivity (Wildman–Crippen MR) is 102 cm³/mol. The van der Waals surface area contributed by atoms with Gasteiger partial charge in [-0.15, -0.1) is 11.3 Å². The highest BCUT2D eigenvalue weighted by atomic mass is 32.1. The lowest BCUT2D eigenvalue weighted by atomic mass is 10.1. The Kier molecular flexibility index (Phi) is 5.08. The monoisotopic (exact) mass is 357 g/mol. The first-order chi connectivity index (χ1) is 12.0. The maximum Gasteiger partial charge on any atom is 0.271 e.